The number of aliphatic hydroxyl groups is 1. The predicted octanol–water partition coefficient (Wildman–Crippen LogP) is 1.69. The van der Waals surface area contributed by atoms with Crippen LogP contribution in [0.5, 0.6) is 0 Å². The minimum Gasteiger partial charge on any atom is -0.478 e. The first-order valence-electron chi connectivity index (χ1n) is 6.96. The quantitative estimate of drug-likeness (QED) is 0.830. The third-order valence-electron chi connectivity index (χ3n) is 3.66. The van der Waals surface area contributed by atoms with Gasteiger partial charge in [0.15, 0.2) is 0 Å². The van der Waals surface area contributed by atoms with E-state index in [4.69, 9.17) is 5.11 Å². The van der Waals surface area contributed by atoms with E-state index in [1.54, 1.807) is 17.0 Å². The normalized spacial score (nSPS) is 16.4. The topological polar surface area (TPSA) is 77.8 Å². The number of hydrogen-bond acceptors (Lipinski definition) is 3. The number of piperidine rings is 1. The van der Waals surface area contributed by atoms with Crippen molar-refractivity contribution < 1.29 is 19.8 Å². The summed E-state index contributed by atoms with van der Waals surface area (Å²) < 4.78 is 0. The molecule has 1 amide bonds. The highest BCUT2D eigenvalue weighted by atomic mass is 16.4. The third kappa shape index (κ3) is 3.92. The number of carboxylic acids is 1. The lowest BCUT2D eigenvalue weighted by molar-refractivity contribution is -0.131. The number of benzene rings is 1. The fourth-order valence-electron chi connectivity index (χ4n) is 2.38. The molecule has 0 aliphatic carbocycles. The molecule has 1 aliphatic rings. The SMILES string of the molecule is Cc1ccc(C=CC(=O)O)cc1C(=O)N1CCC(O)CC1. The van der Waals surface area contributed by atoms with Crippen LogP contribution in [-0.4, -0.2) is 46.2 Å². The number of amides is 1. The summed E-state index contributed by atoms with van der Waals surface area (Å²) >= 11 is 0. The largest absolute Gasteiger partial charge is 0.478 e. The van der Waals surface area contributed by atoms with E-state index in [1.165, 1.54) is 6.08 Å². The van der Waals surface area contributed by atoms with Crippen LogP contribution in [0.1, 0.15) is 34.3 Å². The van der Waals surface area contributed by atoms with E-state index >= 15 is 0 Å². The van der Waals surface area contributed by atoms with Gasteiger partial charge in [-0.1, -0.05) is 12.1 Å². The van der Waals surface area contributed by atoms with Gasteiger partial charge in [-0.15, -0.1) is 0 Å². The maximum absolute atomic E-state index is 12.5. The average molecular weight is 289 g/mol. The van der Waals surface area contributed by atoms with Gasteiger partial charge in [0.05, 0.1) is 6.10 Å². The van der Waals surface area contributed by atoms with Crippen molar-refractivity contribution in [1.29, 1.82) is 0 Å². The van der Waals surface area contributed by atoms with Crippen LogP contribution >= 0.6 is 0 Å². The number of aliphatic carboxylic acids is 1. The standard InChI is InChI=1S/C16H19NO4/c1-11-2-3-12(4-5-15(19)20)10-14(11)16(21)17-8-6-13(18)7-9-17/h2-5,10,13,18H,6-9H2,1H3,(H,19,20). The lowest BCUT2D eigenvalue weighted by atomic mass is 10.0. The van der Waals surface area contributed by atoms with Crippen LogP contribution in [-0.2, 0) is 4.79 Å². The Morgan fingerprint density at radius 1 is 1.29 bits per heavy atom. The van der Waals surface area contributed by atoms with E-state index in [9.17, 15) is 14.7 Å². The van der Waals surface area contributed by atoms with Crippen molar-refractivity contribution in [3.63, 3.8) is 0 Å². The molecular formula is C16H19NO4. The number of rotatable bonds is 3. The highest BCUT2D eigenvalue weighted by molar-refractivity contribution is 5.96. The van der Waals surface area contributed by atoms with Crippen LogP contribution in [0.3, 0.4) is 0 Å². The second-order valence-electron chi connectivity index (χ2n) is 5.27. The fraction of sp³-hybridized carbons (Fsp3) is 0.375. The Kier molecular flexibility index (Phi) is 4.75. The molecule has 0 unspecified atom stereocenters. The zero-order chi connectivity index (χ0) is 15.4. The van der Waals surface area contributed by atoms with Gasteiger partial charge in [0.1, 0.15) is 0 Å². The van der Waals surface area contributed by atoms with Crippen LogP contribution in [0.2, 0.25) is 0 Å². The molecule has 0 bridgehead atoms. The Morgan fingerprint density at radius 2 is 1.95 bits per heavy atom. The van der Waals surface area contributed by atoms with E-state index in [0.29, 0.717) is 37.1 Å². The van der Waals surface area contributed by atoms with Crippen molar-refractivity contribution in [2.24, 2.45) is 0 Å². The van der Waals surface area contributed by atoms with Gasteiger partial charge in [-0.25, -0.2) is 4.79 Å². The van der Waals surface area contributed by atoms with Crippen molar-refractivity contribution in [3.8, 4) is 0 Å². The molecular weight excluding hydrogens is 270 g/mol. The van der Waals surface area contributed by atoms with Crippen molar-refractivity contribution in [2.75, 3.05) is 13.1 Å². The first kappa shape index (κ1) is 15.3. The Hall–Kier alpha value is -2.14. The summed E-state index contributed by atoms with van der Waals surface area (Å²) in [5, 5.41) is 18.1. The first-order valence-corrected chi connectivity index (χ1v) is 6.96. The molecule has 0 aromatic heterocycles. The molecule has 1 aromatic carbocycles. The summed E-state index contributed by atoms with van der Waals surface area (Å²) in [7, 11) is 0. The number of nitrogens with zero attached hydrogens (tertiary/aromatic N) is 1. The Labute approximate surface area is 123 Å². The Bertz CT molecular complexity index is 572. The lowest BCUT2D eigenvalue weighted by Gasteiger charge is -2.30. The van der Waals surface area contributed by atoms with Crippen molar-refractivity contribution in [3.05, 3.63) is 41.0 Å². The fourth-order valence-corrected chi connectivity index (χ4v) is 2.38. The van der Waals surface area contributed by atoms with Gasteiger partial charge in [-0.05, 0) is 43.0 Å². The molecule has 112 valence electrons. The second kappa shape index (κ2) is 6.54. The molecule has 21 heavy (non-hydrogen) atoms. The summed E-state index contributed by atoms with van der Waals surface area (Å²) in [6, 6.07) is 5.31. The highest BCUT2D eigenvalue weighted by Gasteiger charge is 2.23. The van der Waals surface area contributed by atoms with Crippen LogP contribution < -0.4 is 0 Å². The van der Waals surface area contributed by atoms with E-state index in [2.05, 4.69) is 0 Å². The van der Waals surface area contributed by atoms with Gasteiger partial charge in [0, 0.05) is 24.7 Å². The first-order chi connectivity index (χ1) is 9.97. The molecule has 1 fully saturated rings. The van der Waals surface area contributed by atoms with Gasteiger partial charge in [-0.2, -0.15) is 0 Å². The number of hydrogen-bond donors (Lipinski definition) is 2. The zero-order valence-electron chi connectivity index (χ0n) is 12.0. The summed E-state index contributed by atoms with van der Waals surface area (Å²) in [6.45, 7) is 2.96. The minimum absolute atomic E-state index is 0.0648. The monoisotopic (exact) mass is 289 g/mol. The van der Waals surface area contributed by atoms with E-state index in [-0.39, 0.29) is 12.0 Å². The molecule has 1 aromatic rings. The highest BCUT2D eigenvalue weighted by Crippen LogP contribution is 2.18. The van der Waals surface area contributed by atoms with Gasteiger partial charge >= 0.3 is 5.97 Å². The van der Waals surface area contributed by atoms with E-state index in [1.807, 2.05) is 13.0 Å². The number of carbonyl (C=O) groups is 2. The van der Waals surface area contributed by atoms with Gasteiger partial charge < -0.3 is 15.1 Å². The van der Waals surface area contributed by atoms with Gasteiger partial charge in [-0.3, -0.25) is 4.79 Å². The molecule has 1 heterocycles. The van der Waals surface area contributed by atoms with Gasteiger partial charge in [0.2, 0.25) is 0 Å². The molecule has 0 spiro atoms. The lowest BCUT2D eigenvalue weighted by Crippen LogP contribution is -2.40. The Balaban J connectivity index is 2.20. The van der Waals surface area contributed by atoms with E-state index in [0.717, 1.165) is 11.6 Å². The van der Waals surface area contributed by atoms with Crippen molar-refractivity contribution >= 4 is 18.0 Å². The molecule has 0 atom stereocenters. The van der Waals surface area contributed by atoms with Crippen molar-refractivity contribution in [2.45, 2.75) is 25.9 Å². The third-order valence-corrected chi connectivity index (χ3v) is 3.66. The van der Waals surface area contributed by atoms with E-state index < -0.39 is 5.97 Å². The zero-order valence-corrected chi connectivity index (χ0v) is 12.0. The molecule has 2 N–H and O–H groups in total. The number of carbonyl (C=O) groups excluding carboxylic acids is 1. The van der Waals surface area contributed by atoms with Crippen LogP contribution in [0.25, 0.3) is 6.08 Å². The van der Waals surface area contributed by atoms with Crippen molar-refractivity contribution in [1.82, 2.24) is 4.90 Å². The van der Waals surface area contributed by atoms with Crippen LogP contribution in [0.4, 0.5) is 0 Å². The molecule has 0 saturated carbocycles. The molecule has 0 radical (unpaired) electrons. The predicted molar refractivity (Wildman–Crippen MR) is 79.0 cm³/mol. The Morgan fingerprint density at radius 3 is 2.57 bits per heavy atom. The summed E-state index contributed by atoms with van der Waals surface area (Å²) in [5.74, 6) is -1.08. The molecule has 5 nitrogen and oxygen atoms in total. The smallest absolute Gasteiger partial charge is 0.328 e. The van der Waals surface area contributed by atoms with Crippen LogP contribution in [0, 0.1) is 6.92 Å². The maximum atomic E-state index is 12.5. The van der Waals surface area contributed by atoms with Crippen LogP contribution in [0.15, 0.2) is 24.3 Å². The number of likely N-dealkylation sites (tertiary alicyclic amines) is 1. The summed E-state index contributed by atoms with van der Waals surface area (Å²) in [4.78, 5) is 24.8. The molecule has 1 aliphatic heterocycles. The summed E-state index contributed by atoms with van der Waals surface area (Å²) in [6.07, 6.45) is 3.40. The number of aryl methyl sites for hydroxylation is 1. The average Bonchev–Trinajstić information content (AvgIpc) is 2.46. The summed E-state index contributed by atoms with van der Waals surface area (Å²) in [5.41, 5.74) is 2.13. The molecule has 5 heteroatoms. The minimum atomic E-state index is -1.02. The molecule has 1 saturated heterocycles. The second-order valence-corrected chi connectivity index (χ2v) is 5.27. The molecule has 2 rings (SSSR count). The maximum Gasteiger partial charge on any atom is 0.328 e. The number of carboxylic acid groups (broad SMARTS) is 1. The number of aliphatic hydroxyl groups excluding tert-OH is 1. The van der Waals surface area contributed by atoms with Gasteiger partial charge in [0.25, 0.3) is 5.91 Å².